The maximum Gasteiger partial charge on any atom is 0.156 e. The van der Waals surface area contributed by atoms with Crippen molar-refractivity contribution in [3.05, 3.63) is 0 Å². The van der Waals surface area contributed by atoms with Gasteiger partial charge in [-0.25, -0.2) is 0 Å². The molecular weight excluding hydrogens is 130 g/mol. The molecule has 0 radical (unpaired) electrons. The van der Waals surface area contributed by atoms with Gasteiger partial charge in [0, 0.05) is 0 Å². The molecule has 0 aliphatic rings. The fourth-order valence-corrected chi connectivity index (χ4v) is 0.559. The van der Waals surface area contributed by atoms with E-state index < -0.39 is 0 Å². The Morgan fingerprint density at radius 2 is 2.00 bits per heavy atom. The van der Waals surface area contributed by atoms with Crippen molar-refractivity contribution in [2.75, 3.05) is 7.05 Å². The first-order valence-corrected chi connectivity index (χ1v) is 3.27. The van der Waals surface area contributed by atoms with Crippen molar-refractivity contribution in [1.29, 1.82) is 0 Å². The summed E-state index contributed by atoms with van der Waals surface area (Å²) in [5, 5.41) is 2.77. The number of likely N-dealkylation sites (N-methyl/N-ethyl adjacent to an activating group) is 1. The minimum atomic E-state index is -0.205. The van der Waals surface area contributed by atoms with E-state index in [1.165, 1.54) is 6.92 Å². The Morgan fingerprint density at radius 1 is 1.50 bits per heavy atom. The van der Waals surface area contributed by atoms with Crippen LogP contribution in [-0.4, -0.2) is 24.7 Å². The van der Waals surface area contributed by atoms with Gasteiger partial charge < -0.3 is 5.32 Å². The molecule has 0 bridgehead atoms. The van der Waals surface area contributed by atoms with Crippen molar-refractivity contribution in [2.45, 2.75) is 26.3 Å². The van der Waals surface area contributed by atoms with Gasteiger partial charge in [0.05, 0.1) is 12.5 Å². The van der Waals surface area contributed by atoms with Crippen LogP contribution in [0.4, 0.5) is 0 Å². The van der Waals surface area contributed by atoms with Gasteiger partial charge >= 0.3 is 0 Å². The van der Waals surface area contributed by atoms with Crippen LogP contribution >= 0.6 is 0 Å². The van der Waals surface area contributed by atoms with E-state index >= 15 is 0 Å². The van der Waals surface area contributed by atoms with Gasteiger partial charge in [-0.1, -0.05) is 0 Å². The van der Waals surface area contributed by atoms with Gasteiger partial charge in [0.1, 0.15) is 5.78 Å². The molecule has 0 amide bonds. The fraction of sp³-hybridized carbons (Fsp3) is 0.714. The molecule has 0 spiro atoms. The van der Waals surface area contributed by atoms with E-state index in [0.717, 1.165) is 0 Å². The largest absolute Gasteiger partial charge is 0.311 e. The molecule has 0 aliphatic heterocycles. The molecule has 0 rings (SSSR count). The Bertz CT molecular complexity index is 143. The fourth-order valence-electron chi connectivity index (χ4n) is 0.559. The predicted octanol–water partition coefficient (Wildman–Crippen LogP) is 0.142. The normalized spacial score (nSPS) is 12.7. The lowest BCUT2D eigenvalue weighted by Crippen LogP contribution is -2.31. The highest BCUT2D eigenvalue weighted by molar-refractivity contribution is 6.00. The molecule has 58 valence electrons. The molecule has 0 saturated carbocycles. The van der Waals surface area contributed by atoms with E-state index in [2.05, 4.69) is 5.32 Å². The van der Waals surface area contributed by atoms with Crippen LogP contribution in [0.5, 0.6) is 0 Å². The number of ketones is 2. The lowest BCUT2D eigenvalue weighted by molar-refractivity contribution is -0.126. The molecule has 3 heteroatoms. The van der Waals surface area contributed by atoms with Gasteiger partial charge in [-0.3, -0.25) is 9.59 Å². The SMILES string of the molecule is CNC(C)C(=O)CC(C)=O. The Morgan fingerprint density at radius 3 is 2.30 bits per heavy atom. The summed E-state index contributed by atoms with van der Waals surface area (Å²) in [7, 11) is 1.70. The average Bonchev–Trinajstić information content (AvgIpc) is 1.85. The summed E-state index contributed by atoms with van der Waals surface area (Å²) in [6.07, 6.45) is 0.0437. The molecule has 0 aromatic rings. The van der Waals surface area contributed by atoms with Crippen LogP contribution < -0.4 is 5.32 Å². The molecule has 0 aromatic carbocycles. The number of Topliss-reactive ketones (excluding diaryl/α,β-unsaturated/α-hetero) is 2. The van der Waals surface area contributed by atoms with Gasteiger partial charge in [0.2, 0.25) is 0 Å². The van der Waals surface area contributed by atoms with Gasteiger partial charge in [-0.2, -0.15) is 0 Å². The van der Waals surface area contributed by atoms with Crippen LogP contribution in [0.2, 0.25) is 0 Å². The molecule has 0 aromatic heterocycles. The first-order chi connectivity index (χ1) is 4.57. The summed E-state index contributed by atoms with van der Waals surface area (Å²) in [6.45, 7) is 3.16. The number of hydrogen-bond donors (Lipinski definition) is 1. The van der Waals surface area contributed by atoms with Crippen LogP contribution in [0.3, 0.4) is 0 Å². The second kappa shape index (κ2) is 4.17. The Balaban J connectivity index is 3.73. The lowest BCUT2D eigenvalue weighted by Gasteiger charge is -2.05. The van der Waals surface area contributed by atoms with Crippen LogP contribution in [0.15, 0.2) is 0 Å². The highest BCUT2D eigenvalue weighted by Gasteiger charge is 2.11. The molecule has 1 N–H and O–H groups in total. The van der Waals surface area contributed by atoms with E-state index in [-0.39, 0.29) is 24.0 Å². The Kier molecular flexibility index (Phi) is 3.88. The second-order valence-corrected chi connectivity index (χ2v) is 2.36. The smallest absolute Gasteiger partial charge is 0.156 e. The quantitative estimate of drug-likeness (QED) is 0.569. The third kappa shape index (κ3) is 3.35. The van der Waals surface area contributed by atoms with Crippen molar-refractivity contribution < 1.29 is 9.59 Å². The monoisotopic (exact) mass is 143 g/mol. The van der Waals surface area contributed by atoms with E-state index in [9.17, 15) is 9.59 Å². The average molecular weight is 143 g/mol. The minimum absolute atomic E-state index is 0.0437. The Hall–Kier alpha value is -0.700. The van der Waals surface area contributed by atoms with Gasteiger partial charge in [0.25, 0.3) is 0 Å². The molecule has 3 nitrogen and oxygen atoms in total. The second-order valence-electron chi connectivity index (χ2n) is 2.36. The number of carbonyl (C=O) groups excluding carboxylic acids is 2. The van der Waals surface area contributed by atoms with Crippen LogP contribution in [-0.2, 0) is 9.59 Å². The third-order valence-electron chi connectivity index (χ3n) is 1.34. The van der Waals surface area contributed by atoms with Gasteiger partial charge in [0.15, 0.2) is 5.78 Å². The van der Waals surface area contributed by atoms with Gasteiger partial charge in [-0.05, 0) is 20.9 Å². The highest BCUT2D eigenvalue weighted by atomic mass is 16.1. The molecule has 10 heavy (non-hydrogen) atoms. The lowest BCUT2D eigenvalue weighted by atomic mass is 10.1. The molecule has 1 atom stereocenters. The van der Waals surface area contributed by atoms with Crippen LogP contribution in [0, 0.1) is 0 Å². The molecule has 0 aliphatic carbocycles. The molecule has 1 unspecified atom stereocenters. The molecular formula is C7H13NO2. The van der Waals surface area contributed by atoms with Crippen molar-refractivity contribution in [3.63, 3.8) is 0 Å². The summed E-state index contributed by atoms with van der Waals surface area (Å²) in [4.78, 5) is 21.3. The molecule has 0 heterocycles. The number of carbonyl (C=O) groups is 2. The zero-order chi connectivity index (χ0) is 8.15. The zero-order valence-electron chi connectivity index (χ0n) is 6.60. The standard InChI is InChI=1S/C7H13NO2/c1-5(9)4-7(10)6(2)8-3/h6,8H,4H2,1-3H3. The van der Waals surface area contributed by atoms with Crippen LogP contribution in [0.1, 0.15) is 20.3 Å². The summed E-state index contributed by atoms with van der Waals surface area (Å²) in [5.74, 6) is -0.123. The zero-order valence-corrected chi connectivity index (χ0v) is 6.60. The predicted molar refractivity (Wildman–Crippen MR) is 38.8 cm³/mol. The number of nitrogens with one attached hydrogen (secondary N) is 1. The molecule has 0 fully saturated rings. The number of hydrogen-bond acceptors (Lipinski definition) is 3. The third-order valence-corrected chi connectivity index (χ3v) is 1.34. The topological polar surface area (TPSA) is 46.2 Å². The summed E-state index contributed by atoms with van der Waals surface area (Å²) >= 11 is 0. The van der Waals surface area contributed by atoms with E-state index in [4.69, 9.17) is 0 Å². The van der Waals surface area contributed by atoms with Gasteiger partial charge in [-0.15, -0.1) is 0 Å². The summed E-state index contributed by atoms with van der Waals surface area (Å²) in [5.41, 5.74) is 0. The highest BCUT2D eigenvalue weighted by Crippen LogP contribution is 1.90. The first-order valence-electron chi connectivity index (χ1n) is 3.27. The Labute approximate surface area is 60.8 Å². The summed E-state index contributed by atoms with van der Waals surface area (Å²) in [6, 6.07) is -0.205. The first kappa shape index (κ1) is 9.30. The van der Waals surface area contributed by atoms with E-state index in [1.54, 1.807) is 14.0 Å². The minimum Gasteiger partial charge on any atom is -0.311 e. The molecule has 0 saturated heterocycles. The maximum absolute atomic E-state index is 10.9. The summed E-state index contributed by atoms with van der Waals surface area (Å²) < 4.78 is 0. The van der Waals surface area contributed by atoms with Crippen molar-refractivity contribution in [3.8, 4) is 0 Å². The van der Waals surface area contributed by atoms with E-state index in [1.807, 2.05) is 0 Å². The maximum atomic E-state index is 10.9. The van der Waals surface area contributed by atoms with E-state index in [0.29, 0.717) is 0 Å². The van der Waals surface area contributed by atoms with Crippen molar-refractivity contribution >= 4 is 11.6 Å². The van der Waals surface area contributed by atoms with Crippen LogP contribution in [0.25, 0.3) is 0 Å². The van der Waals surface area contributed by atoms with Crippen molar-refractivity contribution in [1.82, 2.24) is 5.32 Å². The van der Waals surface area contributed by atoms with Crippen molar-refractivity contribution in [2.24, 2.45) is 0 Å². The number of rotatable bonds is 4.